The van der Waals surface area contributed by atoms with E-state index in [4.69, 9.17) is 22.1 Å². The molecule has 0 spiro atoms. The first-order valence-electron chi connectivity index (χ1n) is 5.45. The van der Waals surface area contributed by atoms with Gasteiger partial charge in [0.2, 0.25) is 0 Å². The van der Waals surface area contributed by atoms with E-state index in [1.165, 1.54) is 6.07 Å². The van der Waals surface area contributed by atoms with E-state index in [1.807, 2.05) is 0 Å². The minimum absolute atomic E-state index is 0.212. The lowest BCUT2D eigenvalue weighted by Crippen LogP contribution is -2.35. The van der Waals surface area contributed by atoms with Crippen molar-refractivity contribution in [1.29, 1.82) is 0 Å². The van der Waals surface area contributed by atoms with Gasteiger partial charge in [-0.2, -0.15) is 0 Å². The highest BCUT2D eigenvalue weighted by Crippen LogP contribution is 2.30. The van der Waals surface area contributed by atoms with Gasteiger partial charge in [-0.05, 0) is 37.4 Å². The molecule has 0 radical (unpaired) electrons. The van der Waals surface area contributed by atoms with Crippen LogP contribution in [0.3, 0.4) is 0 Å². The highest BCUT2D eigenvalue weighted by atomic mass is 35.5. The van der Waals surface area contributed by atoms with Gasteiger partial charge in [0.15, 0.2) is 0 Å². The molecule has 0 unspecified atom stereocenters. The Morgan fingerprint density at radius 2 is 2.19 bits per heavy atom. The van der Waals surface area contributed by atoms with Gasteiger partial charge in [-0.1, -0.05) is 17.7 Å². The second-order valence-electron chi connectivity index (χ2n) is 4.21. The van der Waals surface area contributed by atoms with Gasteiger partial charge in [-0.15, -0.1) is 0 Å². The van der Waals surface area contributed by atoms with Gasteiger partial charge >= 0.3 is 0 Å². The molecule has 0 aromatic heterocycles. The average molecular weight is 244 g/mol. The molecule has 2 rings (SSSR count). The van der Waals surface area contributed by atoms with E-state index in [2.05, 4.69) is 0 Å². The maximum Gasteiger partial charge on any atom is 0.130 e. The smallest absolute Gasteiger partial charge is 0.130 e. The third-order valence-electron chi connectivity index (χ3n) is 3.05. The van der Waals surface area contributed by atoms with Crippen LogP contribution in [0.5, 0.6) is 0 Å². The number of rotatable bonds is 4. The Hall–Kier alpha value is -0.640. The Morgan fingerprint density at radius 1 is 1.44 bits per heavy atom. The first-order valence-corrected chi connectivity index (χ1v) is 5.83. The number of halogens is 2. The van der Waals surface area contributed by atoms with Crippen molar-refractivity contribution < 1.29 is 9.13 Å². The SMILES string of the molecule is NCC1CC(OCc2c(F)cccc2Cl)C1. The summed E-state index contributed by atoms with van der Waals surface area (Å²) < 4.78 is 19.0. The van der Waals surface area contributed by atoms with Gasteiger partial charge < -0.3 is 10.5 Å². The Morgan fingerprint density at radius 3 is 2.81 bits per heavy atom. The topological polar surface area (TPSA) is 35.2 Å². The van der Waals surface area contributed by atoms with Gasteiger partial charge in [-0.25, -0.2) is 4.39 Å². The molecule has 1 saturated carbocycles. The number of hydrogen-bond donors (Lipinski definition) is 1. The minimum Gasteiger partial charge on any atom is -0.373 e. The molecule has 1 aliphatic carbocycles. The molecule has 2 nitrogen and oxygen atoms in total. The fraction of sp³-hybridized carbons (Fsp3) is 0.500. The summed E-state index contributed by atoms with van der Waals surface area (Å²) in [5, 5.41) is 0.426. The summed E-state index contributed by atoms with van der Waals surface area (Å²) in [6, 6.07) is 4.66. The van der Waals surface area contributed by atoms with Crippen molar-refractivity contribution >= 4 is 11.6 Å². The lowest BCUT2D eigenvalue weighted by molar-refractivity contribution is -0.0384. The molecule has 2 N–H and O–H groups in total. The molecule has 0 atom stereocenters. The quantitative estimate of drug-likeness (QED) is 0.883. The maximum absolute atomic E-state index is 13.4. The lowest BCUT2D eigenvalue weighted by Gasteiger charge is -2.34. The second-order valence-corrected chi connectivity index (χ2v) is 4.61. The Kier molecular flexibility index (Phi) is 3.79. The molecule has 0 aliphatic heterocycles. The van der Waals surface area contributed by atoms with Crippen LogP contribution < -0.4 is 5.73 Å². The molecule has 1 aromatic rings. The second kappa shape index (κ2) is 5.13. The van der Waals surface area contributed by atoms with E-state index in [1.54, 1.807) is 12.1 Å². The Labute approximate surface area is 99.5 Å². The van der Waals surface area contributed by atoms with Crippen LogP contribution in [0.2, 0.25) is 5.02 Å². The first kappa shape index (κ1) is 11.8. The van der Waals surface area contributed by atoms with Crippen LogP contribution in [0.25, 0.3) is 0 Å². The Bertz CT molecular complexity index is 346. The molecular formula is C12H15ClFNO. The van der Waals surface area contributed by atoms with Crippen LogP contribution >= 0.6 is 11.6 Å². The predicted octanol–water partition coefficient (Wildman–Crippen LogP) is 2.73. The highest BCUT2D eigenvalue weighted by molar-refractivity contribution is 6.31. The van der Waals surface area contributed by atoms with Crippen LogP contribution in [0, 0.1) is 11.7 Å². The number of nitrogens with two attached hydrogens (primary N) is 1. The molecule has 88 valence electrons. The maximum atomic E-state index is 13.4. The Balaban J connectivity index is 1.86. The van der Waals surface area contributed by atoms with Crippen molar-refractivity contribution in [3.05, 3.63) is 34.6 Å². The molecule has 0 heterocycles. The molecule has 1 aromatic carbocycles. The summed E-state index contributed by atoms with van der Waals surface area (Å²) in [4.78, 5) is 0. The van der Waals surface area contributed by atoms with Crippen LogP contribution in [0.4, 0.5) is 4.39 Å². The molecular weight excluding hydrogens is 229 g/mol. The summed E-state index contributed by atoms with van der Waals surface area (Å²) >= 11 is 5.89. The van der Waals surface area contributed by atoms with Gasteiger partial charge in [0.1, 0.15) is 5.82 Å². The van der Waals surface area contributed by atoms with Crippen LogP contribution in [0.15, 0.2) is 18.2 Å². The zero-order valence-electron chi connectivity index (χ0n) is 8.96. The fourth-order valence-electron chi connectivity index (χ4n) is 1.87. The van der Waals surface area contributed by atoms with E-state index in [0.717, 1.165) is 12.8 Å². The van der Waals surface area contributed by atoms with Crippen LogP contribution in [0.1, 0.15) is 18.4 Å². The van der Waals surface area contributed by atoms with Crippen molar-refractivity contribution in [3.63, 3.8) is 0 Å². The largest absolute Gasteiger partial charge is 0.373 e. The van der Waals surface area contributed by atoms with Gasteiger partial charge in [-0.3, -0.25) is 0 Å². The van der Waals surface area contributed by atoms with E-state index < -0.39 is 0 Å². The monoisotopic (exact) mass is 243 g/mol. The highest BCUT2D eigenvalue weighted by Gasteiger charge is 2.28. The summed E-state index contributed by atoms with van der Waals surface area (Å²) in [7, 11) is 0. The molecule has 1 aliphatic rings. The van der Waals surface area contributed by atoms with Crippen molar-refractivity contribution in [2.24, 2.45) is 11.7 Å². The zero-order chi connectivity index (χ0) is 11.5. The van der Waals surface area contributed by atoms with Crippen LogP contribution in [-0.2, 0) is 11.3 Å². The van der Waals surface area contributed by atoms with Crippen LogP contribution in [-0.4, -0.2) is 12.6 Å². The third-order valence-corrected chi connectivity index (χ3v) is 3.40. The van der Waals surface area contributed by atoms with Crippen molar-refractivity contribution in [2.45, 2.75) is 25.6 Å². The normalized spacial score (nSPS) is 24.2. The fourth-order valence-corrected chi connectivity index (χ4v) is 2.09. The lowest BCUT2D eigenvalue weighted by atomic mass is 9.82. The van der Waals surface area contributed by atoms with Crippen molar-refractivity contribution in [2.75, 3.05) is 6.54 Å². The number of ether oxygens (including phenoxy) is 1. The summed E-state index contributed by atoms with van der Waals surface area (Å²) in [5.74, 6) is 0.267. The first-order chi connectivity index (χ1) is 7.70. The van der Waals surface area contributed by atoms with E-state index in [0.29, 0.717) is 23.0 Å². The van der Waals surface area contributed by atoms with Crippen molar-refractivity contribution in [1.82, 2.24) is 0 Å². The molecule has 0 saturated heterocycles. The average Bonchev–Trinajstić information content (AvgIpc) is 2.19. The molecule has 16 heavy (non-hydrogen) atoms. The predicted molar refractivity (Wildman–Crippen MR) is 61.8 cm³/mol. The minimum atomic E-state index is -0.304. The van der Waals surface area contributed by atoms with Gasteiger partial charge in [0.25, 0.3) is 0 Å². The van der Waals surface area contributed by atoms with Crippen molar-refractivity contribution in [3.8, 4) is 0 Å². The molecule has 4 heteroatoms. The summed E-state index contributed by atoms with van der Waals surface area (Å²) in [6.45, 7) is 0.952. The standard InChI is InChI=1S/C12H15ClFNO/c13-11-2-1-3-12(14)10(11)7-16-9-4-8(5-9)6-15/h1-3,8-9H,4-7,15H2. The molecule has 0 amide bonds. The molecule has 0 bridgehead atoms. The van der Waals surface area contributed by atoms with Gasteiger partial charge in [0, 0.05) is 10.6 Å². The van der Waals surface area contributed by atoms with Gasteiger partial charge in [0.05, 0.1) is 12.7 Å². The number of hydrogen-bond acceptors (Lipinski definition) is 2. The number of benzene rings is 1. The zero-order valence-corrected chi connectivity index (χ0v) is 9.71. The summed E-state index contributed by atoms with van der Waals surface area (Å²) in [5.41, 5.74) is 5.96. The van der Waals surface area contributed by atoms with E-state index in [-0.39, 0.29) is 18.5 Å². The summed E-state index contributed by atoms with van der Waals surface area (Å²) in [6.07, 6.45) is 2.16. The molecule has 1 fully saturated rings. The third kappa shape index (κ3) is 2.54. The van der Waals surface area contributed by atoms with E-state index in [9.17, 15) is 4.39 Å². The van der Waals surface area contributed by atoms with E-state index >= 15 is 0 Å².